The van der Waals surface area contributed by atoms with E-state index in [2.05, 4.69) is 106 Å². The number of hydrogen-bond donors (Lipinski definition) is 0. The summed E-state index contributed by atoms with van der Waals surface area (Å²) in [6, 6.07) is 29.0. The number of rotatable bonds is 2. The van der Waals surface area contributed by atoms with Gasteiger partial charge in [-0.3, -0.25) is 0 Å². The fourth-order valence-corrected chi connectivity index (χ4v) is 15.2. The van der Waals surface area contributed by atoms with Gasteiger partial charge in [-0.1, -0.05) is 0 Å². The molecule has 0 atom stereocenters. The Hall–Kier alpha value is -1.42. The first-order valence-electron chi connectivity index (χ1n) is 11.3. The quantitative estimate of drug-likeness (QED) is 0.267. The van der Waals surface area contributed by atoms with Crippen molar-refractivity contribution in [2.75, 3.05) is 0 Å². The van der Waals surface area contributed by atoms with E-state index in [-0.39, 0.29) is 24.8 Å². The van der Waals surface area contributed by atoms with Gasteiger partial charge in [0.1, 0.15) is 0 Å². The Morgan fingerprint density at radius 2 is 1.51 bits per heavy atom. The van der Waals surface area contributed by atoms with Gasteiger partial charge in [-0.25, -0.2) is 0 Å². The molecule has 0 saturated heterocycles. The van der Waals surface area contributed by atoms with Crippen LogP contribution < -0.4 is 31.4 Å². The molecule has 0 aliphatic heterocycles. The molecule has 0 saturated carbocycles. The molecule has 6 heteroatoms. The summed E-state index contributed by atoms with van der Waals surface area (Å²) in [5.41, 5.74) is 12.7. The number of aryl methyl sites for hydroxylation is 1. The van der Waals surface area contributed by atoms with Crippen LogP contribution in [0.1, 0.15) is 22.4 Å². The molecule has 4 aromatic carbocycles. The van der Waals surface area contributed by atoms with Crippen LogP contribution in [0.15, 0.2) is 83.3 Å². The minimum Gasteiger partial charge on any atom is -1.00 e. The summed E-state index contributed by atoms with van der Waals surface area (Å²) in [6.07, 6.45) is 1.99. The van der Waals surface area contributed by atoms with E-state index in [9.17, 15) is 0 Å². The average Bonchev–Trinajstić information content (AvgIpc) is 3.49. The van der Waals surface area contributed by atoms with Crippen molar-refractivity contribution >= 4 is 42.2 Å². The van der Waals surface area contributed by atoms with Crippen LogP contribution >= 0.6 is 24.8 Å². The number of benzene rings is 4. The maximum absolute atomic E-state index is 6.52. The second-order valence-electron chi connectivity index (χ2n) is 9.02. The van der Waals surface area contributed by atoms with E-state index in [1.165, 1.54) is 66.6 Å². The molecule has 0 N–H and O–H groups in total. The Morgan fingerprint density at radius 1 is 0.771 bits per heavy atom. The van der Waals surface area contributed by atoms with Gasteiger partial charge in [0.25, 0.3) is 0 Å². The molecule has 0 fully saturated rings. The molecule has 7 rings (SSSR count). The average molecular weight is 657 g/mol. The number of hydrogen-bond acceptors (Lipinski definition) is 1. The third kappa shape index (κ3) is 3.63. The van der Waals surface area contributed by atoms with E-state index in [0.717, 1.165) is 12.8 Å². The summed E-state index contributed by atoms with van der Waals surface area (Å²) in [7, 11) is 8.73. The molecular weight excluding hydrogens is 636 g/mol. The largest absolute Gasteiger partial charge is 1.00 e. The van der Waals surface area contributed by atoms with Gasteiger partial charge in [0.2, 0.25) is 0 Å². The van der Waals surface area contributed by atoms with Crippen molar-refractivity contribution in [3.63, 3.8) is 0 Å². The van der Waals surface area contributed by atoms with Crippen LogP contribution in [-0.2, 0) is 39.6 Å². The number of nitrogens with zero attached hydrogens (tertiary/aromatic N) is 1. The van der Waals surface area contributed by atoms with Crippen LogP contribution in [0.4, 0.5) is 0 Å². The summed E-state index contributed by atoms with van der Waals surface area (Å²) < 4.78 is 6.51. The van der Waals surface area contributed by atoms with Crippen molar-refractivity contribution in [1.29, 1.82) is 0 Å². The van der Waals surface area contributed by atoms with Crippen LogP contribution in [0.3, 0.4) is 0 Å². The van der Waals surface area contributed by atoms with E-state index in [1.54, 1.807) is 0 Å². The Kier molecular flexibility index (Phi) is 6.83. The molecule has 0 amide bonds. The van der Waals surface area contributed by atoms with Gasteiger partial charge in [0, 0.05) is 0 Å². The molecule has 0 unspecified atom stereocenters. The molecule has 35 heavy (non-hydrogen) atoms. The number of para-hydroxylation sites is 1. The zero-order chi connectivity index (χ0) is 22.3. The minimum atomic E-state index is -2.56. The van der Waals surface area contributed by atoms with Crippen LogP contribution in [0.25, 0.3) is 33.2 Å². The normalized spacial score (nSPS) is 12.0. The molecular formula is C29H20BrCl2NSZr. The SMILES string of the molecule is Cn1c2c(c3ccccc31)-c1ccc(Br)[c]([Zr+2](=[S])[c]3cccc4c3Cc3ccccc3-4)c1C2.[Cl-].[Cl-]. The first-order chi connectivity index (χ1) is 16.1. The van der Waals surface area contributed by atoms with Crippen molar-refractivity contribution in [1.82, 2.24) is 4.57 Å². The molecule has 5 aromatic rings. The van der Waals surface area contributed by atoms with Crippen LogP contribution in [-0.4, -0.2) is 4.57 Å². The zero-order valence-electron chi connectivity index (χ0n) is 18.9. The van der Waals surface area contributed by atoms with E-state index in [1.807, 2.05) is 0 Å². The van der Waals surface area contributed by atoms with Crippen LogP contribution in [0, 0.1) is 0 Å². The molecule has 1 aromatic heterocycles. The Balaban J connectivity index is 0.00000127. The molecule has 2 aliphatic rings. The summed E-state index contributed by atoms with van der Waals surface area (Å²) in [4.78, 5) is 0. The van der Waals surface area contributed by atoms with Gasteiger partial charge in [0.15, 0.2) is 0 Å². The van der Waals surface area contributed by atoms with Gasteiger partial charge >= 0.3 is 214 Å². The molecule has 2 aliphatic carbocycles. The predicted molar refractivity (Wildman–Crippen MR) is 140 cm³/mol. The van der Waals surface area contributed by atoms with Crippen molar-refractivity contribution in [2.24, 2.45) is 7.05 Å². The second-order valence-corrected chi connectivity index (χ2v) is 16.5. The first kappa shape index (κ1) is 25.2. The van der Waals surface area contributed by atoms with Gasteiger partial charge in [-0.2, -0.15) is 0 Å². The minimum absolute atomic E-state index is 0. The Morgan fingerprint density at radius 3 is 2.37 bits per heavy atom. The third-order valence-corrected chi connectivity index (χ3v) is 16.4. The Bertz CT molecular complexity index is 1670. The van der Waals surface area contributed by atoms with Gasteiger partial charge in [-0.15, -0.1) is 0 Å². The summed E-state index contributed by atoms with van der Waals surface area (Å²) in [5.74, 6) is 0. The summed E-state index contributed by atoms with van der Waals surface area (Å²) in [5, 5.41) is 1.35. The van der Waals surface area contributed by atoms with Crippen molar-refractivity contribution in [2.45, 2.75) is 12.8 Å². The fourth-order valence-electron chi connectivity index (χ4n) is 5.91. The molecule has 172 valence electrons. The van der Waals surface area contributed by atoms with E-state index < -0.39 is 19.7 Å². The smallest absolute Gasteiger partial charge is 1.00 e. The molecule has 0 bridgehead atoms. The van der Waals surface area contributed by atoms with Crippen molar-refractivity contribution in [3.8, 4) is 22.3 Å². The zero-order valence-corrected chi connectivity index (χ0v) is 25.3. The fraction of sp³-hybridized carbons (Fsp3) is 0.103. The summed E-state index contributed by atoms with van der Waals surface area (Å²) in [6.45, 7) is 0. The van der Waals surface area contributed by atoms with Crippen molar-refractivity contribution in [3.05, 3.63) is 106 Å². The number of halogens is 3. The van der Waals surface area contributed by atoms with Crippen LogP contribution in [0.5, 0.6) is 0 Å². The molecule has 1 heterocycles. The second kappa shape index (κ2) is 9.47. The third-order valence-electron chi connectivity index (χ3n) is 7.43. The summed E-state index contributed by atoms with van der Waals surface area (Å²) >= 11 is 1.37. The van der Waals surface area contributed by atoms with Gasteiger partial charge in [-0.05, 0) is 0 Å². The van der Waals surface area contributed by atoms with Gasteiger partial charge in [0.05, 0.1) is 0 Å². The monoisotopic (exact) mass is 653 g/mol. The Labute approximate surface area is 237 Å². The number of aromatic nitrogens is 1. The molecule has 0 radical (unpaired) electrons. The first-order valence-corrected chi connectivity index (χ1v) is 17.9. The maximum Gasteiger partial charge on any atom is -1.00 e. The molecule has 0 spiro atoms. The maximum atomic E-state index is 6.52. The standard InChI is InChI=1S/C16H11BrN.C13H9.2ClH.S.Zr/c1-18-14-5-3-2-4-13(14)16-12-7-6-11(17)8-10(12)9-15(16)18;1-3-7-12-10(5-1)9-11-6-2-4-8-13(11)12;;;;/h2-7H,9H2,1H3;1-5,7-8H,9H2;2*1H;;/q;;;;;+2/p-2. The van der Waals surface area contributed by atoms with Gasteiger partial charge < -0.3 is 24.8 Å². The van der Waals surface area contributed by atoms with Crippen LogP contribution in [0.2, 0.25) is 0 Å². The number of fused-ring (bicyclic) bond motifs is 8. The molecule has 1 nitrogen and oxygen atoms in total. The van der Waals surface area contributed by atoms with E-state index >= 15 is 0 Å². The topological polar surface area (TPSA) is 4.93 Å². The predicted octanol–water partition coefficient (Wildman–Crippen LogP) is 0.773. The van der Waals surface area contributed by atoms with E-state index in [0.29, 0.717) is 0 Å². The van der Waals surface area contributed by atoms with Crippen molar-refractivity contribution < 1.29 is 44.5 Å². The van der Waals surface area contributed by atoms with E-state index in [4.69, 9.17) is 8.86 Å².